The molecule has 1 aliphatic heterocycles. The molecule has 0 radical (unpaired) electrons. The summed E-state index contributed by atoms with van der Waals surface area (Å²) >= 11 is 0. The molecule has 1 saturated heterocycles. The first-order valence-corrected chi connectivity index (χ1v) is 10.6. The van der Waals surface area contributed by atoms with Gasteiger partial charge in [0.2, 0.25) is 10.0 Å². The number of hydroxylamine groups is 3. The third-order valence-electron chi connectivity index (χ3n) is 5.18. The van der Waals surface area contributed by atoms with Crippen molar-refractivity contribution in [1.82, 2.24) is 4.31 Å². The van der Waals surface area contributed by atoms with E-state index in [0.717, 1.165) is 11.3 Å². The second-order valence-electron chi connectivity index (χ2n) is 6.91. The number of sulfonamides is 1. The summed E-state index contributed by atoms with van der Waals surface area (Å²) in [6.07, 6.45) is 0.652. The monoisotopic (exact) mass is 406 g/mol. The van der Waals surface area contributed by atoms with Gasteiger partial charge in [-0.2, -0.15) is 4.31 Å². The molecular formula is C20H26N2O5S. The molecular weight excluding hydrogens is 380 g/mol. The molecule has 3 rings (SSSR count). The topological polar surface area (TPSA) is 78.9 Å². The zero-order valence-electron chi connectivity index (χ0n) is 16.2. The molecule has 28 heavy (non-hydrogen) atoms. The second kappa shape index (κ2) is 8.48. The molecule has 0 bridgehead atoms. The van der Waals surface area contributed by atoms with Crippen LogP contribution < -0.4 is 9.47 Å². The summed E-state index contributed by atoms with van der Waals surface area (Å²) in [4.78, 5) is 0.220. The summed E-state index contributed by atoms with van der Waals surface area (Å²) in [6, 6.07) is 14.0. The number of hydrogen-bond donors (Lipinski definition) is 0. The van der Waals surface area contributed by atoms with Crippen LogP contribution in [-0.2, 0) is 16.4 Å². The number of benzene rings is 2. The third kappa shape index (κ3) is 4.64. The third-order valence-corrected chi connectivity index (χ3v) is 7.09. The highest BCUT2D eigenvalue weighted by molar-refractivity contribution is 7.89. The van der Waals surface area contributed by atoms with Crippen molar-refractivity contribution in [3.63, 3.8) is 0 Å². The molecule has 0 aliphatic carbocycles. The molecule has 0 atom stereocenters. The molecule has 0 aromatic heterocycles. The van der Waals surface area contributed by atoms with Crippen LogP contribution in [0, 0.1) is 5.21 Å². The number of hydrogen-bond acceptors (Lipinski definition) is 5. The highest BCUT2D eigenvalue weighted by Gasteiger charge is 2.33. The van der Waals surface area contributed by atoms with Crippen molar-refractivity contribution >= 4 is 10.0 Å². The molecule has 0 unspecified atom stereocenters. The molecule has 1 fully saturated rings. The van der Waals surface area contributed by atoms with E-state index in [-0.39, 0.29) is 35.7 Å². The molecule has 0 saturated carbocycles. The number of ether oxygens (including phenoxy) is 2. The number of piperazine rings is 1. The van der Waals surface area contributed by atoms with Gasteiger partial charge in [-0.1, -0.05) is 12.1 Å². The zero-order valence-corrected chi connectivity index (χ0v) is 17.0. The van der Waals surface area contributed by atoms with Gasteiger partial charge in [-0.25, -0.2) is 8.42 Å². The maximum Gasteiger partial charge on any atom is 0.243 e. The Labute approximate surface area is 166 Å². The molecule has 1 heterocycles. The lowest BCUT2D eigenvalue weighted by atomic mass is 10.1. The zero-order chi connectivity index (χ0) is 20.2. The quantitative estimate of drug-likeness (QED) is 0.521. The fourth-order valence-electron chi connectivity index (χ4n) is 3.30. The minimum atomic E-state index is -3.60. The van der Waals surface area contributed by atoms with Crippen LogP contribution in [0.2, 0.25) is 0 Å². The van der Waals surface area contributed by atoms with Crippen LogP contribution in [-0.4, -0.2) is 64.3 Å². The van der Waals surface area contributed by atoms with Gasteiger partial charge in [0.1, 0.15) is 11.5 Å². The lowest BCUT2D eigenvalue weighted by Gasteiger charge is -2.48. The maximum atomic E-state index is 13.0. The standard InChI is InChI=1S/C20H26N2O5S/c1-26-18-5-3-17(4-6-18)11-14-22(23)15-12-21(13-16-22)28(24,25)20-9-7-19(27-2)8-10-20/h3-10H,11-16H2,1-2H3. The summed E-state index contributed by atoms with van der Waals surface area (Å²) in [5, 5.41) is 13.0. The number of rotatable bonds is 7. The molecule has 0 N–H and O–H groups in total. The average Bonchev–Trinajstić information content (AvgIpc) is 2.73. The fourth-order valence-corrected chi connectivity index (χ4v) is 4.72. The van der Waals surface area contributed by atoms with Crippen molar-refractivity contribution in [2.45, 2.75) is 11.3 Å². The Kier molecular flexibility index (Phi) is 6.24. The highest BCUT2D eigenvalue weighted by atomic mass is 32.2. The van der Waals surface area contributed by atoms with Crippen LogP contribution in [0.25, 0.3) is 0 Å². The van der Waals surface area contributed by atoms with Crippen molar-refractivity contribution in [3.05, 3.63) is 59.3 Å². The Hall–Kier alpha value is -2.13. The van der Waals surface area contributed by atoms with Crippen molar-refractivity contribution < 1.29 is 22.5 Å². The maximum absolute atomic E-state index is 13.0. The smallest absolute Gasteiger partial charge is 0.243 e. The summed E-state index contributed by atoms with van der Waals surface area (Å²) in [6.45, 7) is 1.39. The van der Waals surface area contributed by atoms with E-state index in [2.05, 4.69) is 0 Å². The van der Waals surface area contributed by atoms with Crippen LogP contribution in [0.5, 0.6) is 11.5 Å². The van der Waals surface area contributed by atoms with Crippen molar-refractivity contribution in [2.75, 3.05) is 46.9 Å². The number of quaternary nitrogens is 1. The van der Waals surface area contributed by atoms with Gasteiger partial charge in [0.05, 0.1) is 51.8 Å². The van der Waals surface area contributed by atoms with E-state index in [4.69, 9.17) is 9.47 Å². The van der Waals surface area contributed by atoms with Crippen molar-refractivity contribution in [1.29, 1.82) is 0 Å². The van der Waals surface area contributed by atoms with Gasteiger partial charge < -0.3 is 19.3 Å². The van der Waals surface area contributed by atoms with Gasteiger partial charge in [-0.3, -0.25) is 0 Å². The van der Waals surface area contributed by atoms with Gasteiger partial charge in [-0.15, -0.1) is 0 Å². The van der Waals surface area contributed by atoms with Crippen LogP contribution in [0.1, 0.15) is 5.56 Å². The van der Waals surface area contributed by atoms with E-state index in [1.54, 1.807) is 19.2 Å². The Morgan fingerprint density at radius 3 is 1.93 bits per heavy atom. The second-order valence-corrected chi connectivity index (χ2v) is 8.84. The number of methoxy groups -OCH3 is 2. The van der Waals surface area contributed by atoms with E-state index < -0.39 is 10.0 Å². The lowest BCUT2D eigenvalue weighted by Crippen LogP contribution is -2.57. The Morgan fingerprint density at radius 2 is 1.43 bits per heavy atom. The fraction of sp³-hybridized carbons (Fsp3) is 0.400. The summed E-state index contributed by atoms with van der Waals surface area (Å²) < 4.78 is 36.8. The first-order chi connectivity index (χ1) is 13.4. The van der Waals surface area contributed by atoms with Crippen molar-refractivity contribution in [3.8, 4) is 11.5 Å². The Bertz CT molecular complexity index is 874. The summed E-state index contributed by atoms with van der Waals surface area (Å²) in [5.74, 6) is 1.39. The summed E-state index contributed by atoms with van der Waals surface area (Å²) in [7, 11) is -0.446. The van der Waals surface area contributed by atoms with Crippen LogP contribution in [0.3, 0.4) is 0 Å². The van der Waals surface area contributed by atoms with Crippen LogP contribution in [0.15, 0.2) is 53.4 Å². The van der Waals surface area contributed by atoms with Crippen LogP contribution in [0.4, 0.5) is 0 Å². The van der Waals surface area contributed by atoms with E-state index in [1.807, 2.05) is 24.3 Å². The average molecular weight is 407 g/mol. The normalized spacial score (nSPS) is 17.2. The van der Waals surface area contributed by atoms with Gasteiger partial charge in [0, 0.05) is 6.42 Å². The predicted octanol–water partition coefficient (Wildman–Crippen LogP) is 2.27. The Morgan fingerprint density at radius 1 is 0.929 bits per heavy atom. The molecule has 2 aromatic carbocycles. The molecule has 152 valence electrons. The SMILES string of the molecule is COc1ccc(CC[N+]2([O-])CCN(S(=O)(=O)c3ccc(OC)cc3)CC2)cc1. The molecule has 1 aliphatic rings. The van der Waals surface area contributed by atoms with Crippen molar-refractivity contribution in [2.24, 2.45) is 0 Å². The molecule has 0 spiro atoms. The van der Waals surface area contributed by atoms with E-state index >= 15 is 0 Å². The minimum absolute atomic E-state index is 0.220. The first kappa shape index (κ1) is 20.6. The van der Waals surface area contributed by atoms with Crippen LogP contribution >= 0.6 is 0 Å². The summed E-state index contributed by atoms with van der Waals surface area (Å²) in [5.41, 5.74) is 1.07. The number of nitrogens with zero attached hydrogens (tertiary/aromatic N) is 2. The molecule has 8 heteroatoms. The van der Waals surface area contributed by atoms with Gasteiger partial charge >= 0.3 is 0 Å². The Balaban J connectivity index is 1.58. The lowest BCUT2D eigenvalue weighted by molar-refractivity contribution is -0.884. The largest absolute Gasteiger partial charge is 0.633 e. The van der Waals surface area contributed by atoms with E-state index in [1.165, 1.54) is 23.5 Å². The molecule has 0 amide bonds. The van der Waals surface area contributed by atoms with E-state index in [9.17, 15) is 13.6 Å². The first-order valence-electron chi connectivity index (χ1n) is 9.20. The molecule has 2 aromatic rings. The highest BCUT2D eigenvalue weighted by Crippen LogP contribution is 2.23. The van der Waals surface area contributed by atoms with Gasteiger partial charge in [-0.05, 0) is 42.0 Å². The van der Waals surface area contributed by atoms with E-state index in [0.29, 0.717) is 18.7 Å². The predicted molar refractivity (Wildman–Crippen MR) is 107 cm³/mol. The molecule has 7 nitrogen and oxygen atoms in total. The van der Waals surface area contributed by atoms with Gasteiger partial charge in [0.15, 0.2) is 0 Å². The minimum Gasteiger partial charge on any atom is -0.633 e. The van der Waals surface area contributed by atoms with Gasteiger partial charge in [0.25, 0.3) is 0 Å².